The Balaban J connectivity index is 1.81. The van der Waals surface area contributed by atoms with Gasteiger partial charge in [0.15, 0.2) is 6.61 Å². The lowest BCUT2D eigenvalue weighted by atomic mass is 10.1. The van der Waals surface area contributed by atoms with Crippen molar-refractivity contribution < 1.29 is 14.3 Å². The molecule has 1 saturated heterocycles. The largest absolute Gasteiger partial charge is 0.483 e. The zero-order valence-electron chi connectivity index (χ0n) is 14.7. The number of aryl methyl sites for hydroxylation is 2. The first kappa shape index (κ1) is 17.8. The highest BCUT2D eigenvalue weighted by Gasteiger charge is 2.24. The molecule has 1 fully saturated rings. The van der Waals surface area contributed by atoms with Gasteiger partial charge in [0.2, 0.25) is 0 Å². The Morgan fingerprint density at radius 3 is 2.35 bits per heavy atom. The molecule has 1 atom stereocenters. The summed E-state index contributed by atoms with van der Waals surface area (Å²) in [6, 6.07) is 6.40. The monoisotopic (exact) mass is 320 g/mol. The van der Waals surface area contributed by atoms with Crippen LogP contribution in [-0.4, -0.2) is 68.3 Å². The number of ether oxygens (including phenoxy) is 2. The molecule has 23 heavy (non-hydrogen) atoms. The SMILES string of the molecule is COCC(C)N1CCN(C(=O)COc2c(C)cccc2C)CC1. The van der Waals surface area contributed by atoms with Crippen LogP contribution >= 0.6 is 0 Å². The molecule has 1 aliphatic rings. The van der Waals surface area contributed by atoms with E-state index in [1.807, 2.05) is 36.9 Å². The van der Waals surface area contributed by atoms with E-state index >= 15 is 0 Å². The van der Waals surface area contributed by atoms with Crippen molar-refractivity contribution in [1.29, 1.82) is 0 Å². The van der Waals surface area contributed by atoms with Gasteiger partial charge in [-0.25, -0.2) is 0 Å². The number of nitrogens with zero attached hydrogens (tertiary/aromatic N) is 2. The van der Waals surface area contributed by atoms with Gasteiger partial charge in [-0.05, 0) is 31.9 Å². The van der Waals surface area contributed by atoms with Crippen LogP contribution in [0, 0.1) is 13.8 Å². The molecule has 1 aromatic carbocycles. The summed E-state index contributed by atoms with van der Waals surface area (Å²) in [5.74, 6) is 0.889. The smallest absolute Gasteiger partial charge is 0.260 e. The molecule has 0 spiro atoms. The third-order valence-electron chi connectivity index (χ3n) is 4.45. The van der Waals surface area contributed by atoms with Gasteiger partial charge in [0.25, 0.3) is 5.91 Å². The molecule has 5 heteroatoms. The minimum Gasteiger partial charge on any atom is -0.483 e. The van der Waals surface area contributed by atoms with Gasteiger partial charge < -0.3 is 14.4 Å². The first-order chi connectivity index (χ1) is 11.0. The quantitative estimate of drug-likeness (QED) is 0.802. The summed E-state index contributed by atoms with van der Waals surface area (Å²) in [7, 11) is 1.72. The first-order valence-corrected chi connectivity index (χ1v) is 8.22. The molecule has 128 valence electrons. The van der Waals surface area contributed by atoms with E-state index in [0.717, 1.165) is 49.7 Å². The van der Waals surface area contributed by atoms with Crippen molar-refractivity contribution in [2.24, 2.45) is 0 Å². The normalized spacial score (nSPS) is 17.1. The van der Waals surface area contributed by atoms with Gasteiger partial charge in [0.05, 0.1) is 6.61 Å². The minimum atomic E-state index is 0.0618. The fraction of sp³-hybridized carbons (Fsp3) is 0.611. The predicted molar refractivity (Wildman–Crippen MR) is 90.9 cm³/mol. The molecular formula is C18H28N2O3. The number of piperazine rings is 1. The zero-order valence-corrected chi connectivity index (χ0v) is 14.7. The molecule has 1 heterocycles. The number of hydrogen-bond acceptors (Lipinski definition) is 4. The molecule has 0 aromatic heterocycles. The third-order valence-corrected chi connectivity index (χ3v) is 4.45. The summed E-state index contributed by atoms with van der Waals surface area (Å²) in [5.41, 5.74) is 2.13. The molecule has 0 aliphatic carbocycles. The van der Waals surface area contributed by atoms with Crippen molar-refractivity contribution in [1.82, 2.24) is 9.80 Å². The number of benzene rings is 1. The molecule has 1 aromatic rings. The third kappa shape index (κ3) is 4.69. The average Bonchev–Trinajstić information content (AvgIpc) is 2.54. The molecule has 1 aliphatic heterocycles. The van der Waals surface area contributed by atoms with Crippen LogP contribution in [0.25, 0.3) is 0 Å². The Bertz CT molecular complexity index is 505. The van der Waals surface area contributed by atoms with E-state index in [1.165, 1.54) is 0 Å². The minimum absolute atomic E-state index is 0.0618. The molecule has 1 unspecified atom stereocenters. The first-order valence-electron chi connectivity index (χ1n) is 8.22. The lowest BCUT2D eigenvalue weighted by molar-refractivity contribution is -0.135. The second kappa shape index (κ2) is 8.31. The van der Waals surface area contributed by atoms with E-state index in [9.17, 15) is 4.79 Å². The van der Waals surface area contributed by atoms with Crippen molar-refractivity contribution in [2.75, 3.05) is 46.5 Å². The summed E-state index contributed by atoms with van der Waals surface area (Å²) in [6.45, 7) is 10.3. The summed E-state index contributed by atoms with van der Waals surface area (Å²) >= 11 is 0. The van der Waals surface area contributed by atoms with Crippen LogP contribution in [0.2, 0.25) is 0 Å². The van der Waals surface area contributed by atoms with E-state index < -0.39 is 0 Å². The fourth-order valence-electron chi connectivity index (χ4n) is 3.01. The maximum atomic E-state index is 12.4. The maximum absolute atomic E-state index is 12.4. The Morgan fingerprint density at radius 2 is 1.78 bits per heavy atom. The second-order valence-corrected chi connectivity index (χ2v) is 6.23. The fourth-order valence-corrected chi connectivity index (χ4v) is 3.01. The van der Waals surface area contributed by atoms with E-state index in [1.54, 1.807) is 7.11 Å². The number of hydrogen-bond donors (Lipinski definition) is 0. The highest BCUT2D eigenvalue weighted by Crippen LogP contribution is 2.22. The summed E-state index contributed by atoms with van der Waals surface area (Å²) in [4.78, 5) is 16.6. The van der Waals surface area contributed by atoms with Crippen molar-refractivity contribution in [3.63, 3.8) is 0 Å². The standard InChI is InChI=1S/C18H28N2O3/c1-14-6-5-7-15(2)18(14)23-13-17(21)20-10-8-19(9-11-20)16(3)12-22-4/h5-7,16H,8-13H2,1-4H3. The highest BCUT2D eigenvalue weighted by molar-refractivity contribution is 5.78. The molecule has 1 amide bonds. The molecule has 5 nitrogen and oxygen atoms in total. The highest BCUT2D eigenvalue weighted by atomic mass is 16.5. The van der Waals surface area contributed by atoms with Crippen LogP contribution in [-0.2, 0) is 9.53 Å². The molecular weight excluding hydrogens is 292 g/mol. The average molecular weight is 320 g/mol. The van der Waals surface area contributed by atoms with Crippen LogP contribution in [0.15, 0.2) is 18.2 Å². The Kier molecular flexibility index (Phi) is 6.42. The van der Waals surface area contributed by atoms with E-state index in [2.05, 4.69) is 11.8 Å². The van der Waals surface area contributed by atoms with Crippen molar-refractivity contribution in [3.05, 3.63) is 29.3 Å². The zero-order chi connectivity index (χ0) is 16.8. The second-order valence-electron chi connectivity index (χ2n) is 6.23. The summed E-state index contributed by atoms with van der Waals surface area (Å²) in [6.07, 6.45) is 0. The number of carbonyl (C=O) groups excluding carboxylic acids is 1. The van der Waals surface area contributed by atoms with Crippen molar-refractivity contribution in [2.45, 2.75) is 26.8 Å². The maximum Gasteiger partial charge on any atom is 0.260 e. The molecule has 0 N–H and O–H groups in total. The van der Waals surface area contributed by atoms with Gasteiger partial charge >= 0.3 is 0 Å². The summed E-state index contributed by atoms with van der Waals surface area (Å²) in [5, 5.41) is 0. The van der Waals surface area contributed by atoms with Gasteiger partial charge in [-0.3, -0.25) is 9.69 Å². The topological polar surface area (TPSA) is 42.0 Å². The number of para-hydroxylation sites is 1. The van der Waals surface area contributed by atoms with E-state index in [-0.39, 0.29) is 12.5 Å². The van der Waals surface area contributed by atoms with Crippen LogP contribution in [0.4, 0.5) is 0 Å². The van der Waals surface area contributed by atoms with Crippen LogP contribution in [0.5, 0.6) is 5.75 Å². The molecule has 0 radical (unpaired) electrons. The van der Waals surface area contributed by atoms with E-state index in [4.69, 9.17) is 9.47 Å². The van der Waals surface area contributed by atoms with Gasteiger partial charge in [-0.1, -0.05) is 18.2 Å². The lowest BCUT2D eigenvalue weighted by Crippen LogP contribution is -2.53. The molecule has 0 saturated carbocycles. The number of rotatable bonds is 6. The Labute approximate surface area is 139 Å². The Morgan fingerprint density at radius 1 is 1.17 bits per heavy atom. The molecule has 2 rings (SSSR count). The van der Waals surface area contributed by atoms with Gasteiger partial charge in [-0.2, -0.15) is 0 Å². The van der Waals surface area contributed by atoms with Gasteiger partial charge in [0, 0.05) is 39.3 Å². The number of amides is 1. The van der Waals surface area contributed by atoms with Gasteiger partial charge in [-0.15, -0.1) is 0 Å². The summed E-state index contributed by atoms with van der Waals surface area (Å²) < 4.78 is 11.0. The number of methoxy groups -OCH3 is 1. The van der Waals surface area contributed by atoms with Crippen LogP contribution < -0.4 is 4.74 Å². The van der Waals surface area contributed by atoms with Gasteiger partial charge in [0.1, 0.15) is 5.75 Å². The lowest BCUT2D eigenvalue weighted by Gasteiger charge is -2.37. The van der Waals surface area contributed by atoms with Crippen LogP contribution in [0.3, 0.4) is 0 Å². The van der Waals surface area contributed by atoms with E-state index in [0.29, 0.717) is 6.04 Å². The number of carbonyl (C=O) groups is 1. The molecule has 0 bridgehead atoms. The predicted octanol–water partition coefficient (Wildman–Crippen LogP) is 1.86. The van der Waals surface area contributed by atoms with Crippen molar-refractivity contribution >= 4 is 5.91 Å². The van der Waals surface area contributed by atoms with Crippen molar-refractivity contribution in [3.8, 4) is 5.75 Å². The van der Waals surface area contributed by atoms with Crippen LogP contribution in [0.1, 0.15) is 18.1 Å². The Hall–Kier alpha value is -1.59.